The van der Waals surface area contributed by atoms with Crippen LogP contribution < -0.4 is 4.72 Å². The van der Waals surface area contributed by atoms with Crippen molar-refractivity contribution in [1.29, 1.82) is 0 Å². The molecule has 0 aliphatic rings. The summed E-state index contributed by atoms with van der Waals surface area (Å²) in [6, 6.07) is 2.48. The Labute approximate surface area is 126 Å². The third-order valence-electron chi connectivity index (χ3n) is 2.39. The van der Waals surface area contributed by atoms with Crippen molar-refractivity contribution < 1.29 is 17.7 Å². The summed E-state index contributed by atoms with van der Waals surface area (Å²) in [7, 11) is -2.85. The van der Waals surface area contributed by atoms with Crippen LogP contribution in [0.1, 0.15) is 0 Å². The van der Waals surface area contributed by atoms with E-state index in [0.717, 1.165) is 16.8 Å². The van der Waals surface area contributed by atoms with Gasteiger partial charge in [-0.3, -0.25) is 14.8 Å². The molecule has 0 saturated carbocycles. The minimum Gasteiger partial charge on any atom is -0.272 e. The van der Waals surface area contributed by atoms with Gasteiger partial charge in [-0.05, 0) is 28.1 Å². The van der Waals surface area contributed by atoms with Crippen LogP contribution >= 0.6 is 15.9 Å². The molecule has 12 heteroatoms. The van der Waals surface area contributed by atoms with Gasteiger partial charge in [0.15, 0.2) is 4.60 Å². The molecule has 0 bridgehead atoms. The van der Waals surface area contributed by atoms with Gasteiger partial charge in [0.05, 0.1) is 11.0 Å². The van der Waals surface area contributed by atoms with E-state index in [1.165, 1.54) is 7.05 Å². The van der Waals surface area contributed by atoms with Gasteiger partial charge in [-0.15, -0.1) is 5.10 Å². The third kappa shape index (κ3) is 3.00. The zero-order valence-corrected chi connectivity index (χ0v) is 12.7. The summed E-state index contributed by atoms with van der Waals surface area (Å²) in [6.07, 6.45) is 0. The first-order chi connectivity index (χ1) is 9.72. The number of sulfonamides is 1. The lowest BCUT2D eigenvalue weighted by Crippen LogP contribution is -2.18. The molecule has 0 amide bonds. The number of anilines is 1. The average Bonchev–Trinajstić information content (AvgIpc) is 2.71. The standard InChI is InChI=1S/C9H7BrFN5O4S/c1-15-9(8(10)12-14-15)21(19,20)13-6-3-2-5(11)4-7(6)16(17)18/h2-4,13H,1H3. The van der Waals surface area contributed by atoms with E-state index in [1.54, 1.807) is 0 Å². The molecular formula is C9H7BrFN5O4S. The average molecular weight is 380 g/mol. The zero-order valence-electron chi connectivity index (χ0n) is 10.3. The van der Waals surface area contributed by atoms with E-state index in [2.05, 4.69) is 26.2 Å². The normalized spacial score (nSPS) is 11.4. The van der Waals surface area contributed by atoms with E-state index in [4.69, 9.17) is 0 Å². The van der Waals surface area contributed by atoms with Crippen LogP contribution in [-0.4, -0.2) is 28.3 Å². The van der Waals surface area contributed by atoms with Crippen LogP contribution in [0.2, 0.25) is 0 Å². The maximum absolute atomic E-state index is 13.0. The van der Waals surface area contributed by atoms with Crippen LogP contribution in [-0.2, 0) is 17.1 Å². The van der Waals surface area contributed by atoms with E-state index in [-0.39, 0.29) is 15.3 Å². The van der Waals surface area contributed by atoms with E-state index in [1.807, 2.05) is 4.72 Å². The van der Waals surface area contributed by atoms with Crippen molar-refractivity contribution in [3.8, 4) is 0 Å². The number of hydrogen-bond acceptors (Lipinski definition) is 6. The fourth-order valence-electron chi connectivity index (χ4n) is 1.54. The number of hydrogen-bond donors (Lipinski definition) is 1. The van der Waals surface area contributed by atoms with Crippen LogP contribution in [0.3, 0.4) is 0 Å². The number of halogens is 2. The molecule has 1 aromatic heterocycles. The Hall–Kier alpha value is -2.08. The molecule has 0 aliphatic carbocycles. The van der Waals surface area contributed by atoms with E-state index in [9.17, 15) is 22.9 Å². The molecule has 1 N–H and O–H groups in total. The molecule has 2 aromatic rings. The van der Waals surface area contributed by atoms with Crippen LogP contribution in [0.5, 0.6) is 0 Å². The summed E-state index contributed by atoms with van der Waals surface area (Å²) in [5, 5.41) is 17.5. The van der Waals surface area contributed by atoms with Gasteiger partial charge >= 0.3 is 0 Å². The van der Waals surface area contributed by atoms with Crippen molar-refractivity contribution in [3.63, 3.8) is 0 Å². The molecular weight excluding hydrogens is 373 g/mol. The van der Waals surface area contributed by atoms with Gasteiger partial charge in [0.25, 0.3) is 15.7 Å². The lowest BCUT2D eigenvalue weighted by molar-refractivity contribution is -0.384. The maximum atomic E-state index is 13.0. The minimum atomic E-state index is -4.19. The van der Waals surface area contributed by atoms with Crippen LogP contribution in [0, 0.1) is 15.9 Å². The van der Waals surface area contributed by atoms with Crippen molar-refractivity contribution in [2.24, 2.45) is 7.05 Å². The Morgan fingerprint density at radius 2 is 2.14 bits per heavy atom. The largest absolute Gasteiger partial charge is 0.296 e. The van der Waals surface area contributed by atoms with Gasteiger partial charge in [-0.25, -0.2) is 9.07 Å². The van der Waals surface area contributed by atoms with Crippen molar-refractivity contribution >= 4 is 37.3 Å². The first kappa shape index (κ1) is 15.3. The first-order valence-electron chi connectivity index (χ1n) is 5.24. The number of aryl methyl sites for hydroxylation is 1. The highest BCUT2D eigenvalue weighted by atomic mass is 79.9. The summed E-state index contributed by atoms with van der Waals surface area (Å²) in [5.41, 5.74) is -1.07. The fraction of sp³-hybridized carbons (Fsp3) is 0.111. The summed E-state index contributed by atoms with van der Waals surface area (Å²) in [4.78, 5) is 9.95. The molecule has 0 fully saturated rings. The second-order valence-corrected chi connectivity index (χ2v) is 6.18. The number of aromatic nitrogens is 3. The predicted molar refractivity (Wildman–Crippen MR) is 72.6 cm³/mol. The molecule has 0 radical (unpaired) electrons. The van der Waals surface area contributed by atoms with Crippen LogP contribution in [0.25, 0.3) is 0 Å². The first-order valence-corrected chi connectivity index (χ1v) is 7.52. The van der Waals surface area contributed by atoms with Gasteiger partial charge in [-0.2, -0.15) is 8.42 Å². The Balaban J connectivity index is 2.50. The van der Waals surface area contributed by atoms with Crippen LogP contribution in [0.4, 0.5) is 15.8 Å². The molecule has 0 atom stereocenters. The number of nitro benzene ring substituents is 1. The van der Waals surface area contributed by atoms with Gasteiger partial charge < -0.3 is 0 Å². The SMILES string of the molecule is Cn1nnc(Br)c1S(=O)(=O)Nc1ccc(F)cc1[N+](=O)[O-]. The quantitative estimate of drug-likeness (QED) is 0.633. The topological polar surface area (TPSA) is 120 Å². The summed E-state index contributed by atoms with van der Waals surface area (Å²) in [5.74, 6) is -0.854. The molecule has 0 aliphatic heterocycles. The summed E-state index contributed by atoms with van der Waals surface area (Å²) >= 11 is 2.92. The van der Waals surface area contributed by atoms with Gasteiger partial charge in [0.2, 0.25) is 5.03 Å². The number of rotatable bonds is 4. The van der Waals surface area contributed by atoms with Gasteiger partial charge in [0.1, 0.15) is 11.5 Å². The molecule has 0 spiro atoms. The Morgan fingerprint density at radius 3 is 2.67 bits per heavy atom. The zero-order chi connectivity index (χ0) is 15.8. The molecule has 0 unspecified atom stereocenters. The van der Waals surface area contributed by atoms with Gasteiger partial charge in [-0.1, -0.05) is 5.21 Å². The van der Waals surface area contributed by atoms with Crippen molar-refractivity contribution in [2.75, 3.05) is 4.72 Å². The Bertz CT molecular complexity index is 802. The lowest BCUT2D eigenvalue weighted by atomic mass is 10.3. The highest BCUT2D eigenvalue weighted by Crippen LogP contribution is 2.28. The molecule has 9 nitrogen and oxygen atoms in total. The predicted octanol–water partition coefficient (Wildman–Crippen LogP) is 1.43. The Kier molecular flexibility index (Phi) is 3.91. The smallest absolute Gasteiger partial charge is 0.272 e. The highest BCUT2D eigenvalue weighted by Gasteiger charge is 2.27. The highest BCUT2D eigenvalue weighted by molar-refractivity contribution is 9.10. The molecule has 2 rings (SSSR count). The Morgan fingerprint density at radius 1 is 1.48 bits per heavy atom. The fourth-order valence-corrected chi connectivity index (χ4v) is 3.72. The maximum Gasteiger partial charge on any atom is 0.296 e. The number of benzene rings is 1. The van der Waals surface area contributed by atoms with E-state index in [0.29, 0.717) is 6.07 Å². The molecule has 0 saturated heterocycles. The molecule has 112 valence electrons. The summed E-state index contributed by atoms with van der Waals surface area (Å²) in [6.45, 7) is 0. The number of nitrogens with zero attached hydrogens (tertiary/aromatic N) is 4. The number of nitrogens with one attached hydrogen (secondary N) is 1. The van der Waals surface area contributed by atoms with E-state index >= 15 is 0 Å². The van der Waals surface area contributed by atoms with Crippen LogP contribution in [0.15, 0.2) is 27.8 Å². The monoisotopic (exact) mass is 379 g/mol. The van der Waals surface area contributed by atoms with E-state index < -0.39 is 26.5 Å². The summed E-state index contributed by atoms with van der Waals surface area (Å²) < 4.78 is 40.4. The molecule has 1 aromatic carbocycles. The second-order valence-electron chi connectivity index (χ2n) is 3.83. The molecule has 21 heavy (non-hydrogen) atoms. The lowest BCUT2D eigenvalue weighted by Gasteiger charge is -2.08. The number of nitro groups is 1. The minimum absolute atomic E-state index is 0.0535. The van der Waals surface area contributed by atoms with Crippen molar-refractivity contribution in [3.05, 3.63) is 38.7 Å². The second kappa shape index (κ2) is 5.37. The molecule has 1 heterocycles. The van der Waals surface area contributed by atoms with Gasteiger partial charge in [0, 0.05) is 7.05 Å². The van der Waals surface area contributed by atoms with Crippen molar-refractivity contribution in [1.82, 2.24) is 15.0 Å². The van der Waals surface area contributed by atoms with Crippen molar-refractivity contribution in [2.45, 2.75) is 5.03 Å². The third-order valence-corrected chi connectivity index (χ3v) is 4.64.